The van der Waals surface area contributed by atoms with E-state index in [1.165, 1.54) is 25.9 Å². The van der Waals surface area contributed by atoms with Crippen molar-refractivity contribution < 1.29 is 0 Å². The molecule has 5 heteroatoms. The first-order valence-corrected chi connectivity index (χ1v) is 6.92. The fourth-order valence-electron chi connectivity index (χ4n) is 3.15. The first-order valence-electron chi connectivity index (χ1n) is 6.92. The molecule has 1 atom stereocenters. The van der Waals surface area contributed by atoms with Crippen molar-refractivity contribution in [3.63, 3.8) is 0 Å². The van der Waals surface area contributed by atoms with Crippen LogP contribution in [0.25, 0.3) is 0 Å². The molecule has 3 rings (SSSR count). The molecule has 19 heavy (non-hydrogen) atoms. The average Bonchev–Trinajstić information content (AvgIpc) is 3.09. The lowest BCUT2D eigenvalue weighted by molar-refractivity contribution is 0.260. The van der Waals surface area contributed by atoms with Crippen LogP contribution in [0.3, 0.4) is 0 Å². The lowest BCUT2D eigenvalue weighted by Gasteiger charge is -2.24. The number of nitrogen functional groups attached to an aromatic ring is 1. The molecular formula is C14H19N5. The molecule has 0 saturated carbocycles. The van der Waals surface area contributed by atoms with E-state index in [2.05, 4.69) is 20.9 Å². The van der Waals surface area contributed by atoms with Crippen LogP contribution in [0, 0.1) is 11.3 Å². The SMILES string of the molecule is N#Cc1cc(N)cnc1N1CCC(N2CCCC2)C1. The predicted molar refractivity (Wildman–Crippen MR) is 74.8 cm³/mol. The number of pyridine rings is 1. The molecule has 100 valence electrons. The second-order valence-electron chi connectivity index (χ2n) is 5.38. The van der Waals surface area contributed by atoms with E-state index < -0.39 is 0 Å². The van der Waals surface area contributed by atoms with Crippen molar-refractivity contribution >= 4 is 11.5 Å². The van der Waals surface area contributed by atoms with Gasteiger partial charge in [0.1, 0.15) is 11.9 Å². The molecule has 0 bridgehead atoms. The highest BCUT2D eigenvalue weighted by Crippen LogP contribution is 2.26. The van der Waals surface area contributed by atoms with Crippen LogP contribution in [0.2, 0.25) is 0 Å². The third-order valence-electron chi connectivity index (χ3n) is 4.13. The second kappa shape index (κ2) is 5.06. The molecule has 2 aliphatic heterocycles. The van der Waals surface area contributed by atoms with Crippen LogP contribution in [-0.4, -0.2) is 42.1 Å². The Hall–Kier alpha value is -1.80. The fourth-order valence-corrected chi connectivity index (χ4v) is 3.15. The Kier molecular flexibility index (Phi) is 3.26. The number of nitrogens with zero attached hydrogens (tertiary/aromatic N) is 4. The normalized spacial score (nSPS) is 23.7. The van der Waals surface area contributed by atoms with Gasteiger partial charge in [-0.1, -0.05) is 0 Å². The van der Waals surface area contributed by atoms with Gasteiger partial charge in [-0.15, -0.1) is 0 Å². The Bertz CT molecular complexity index is 501. The number of hydrogen-bond donors (Lipinski definition) is 1. The van der Waals surface area contributed by atoms with Gasteiger partial charge in [-0.05, 0) is 38.4 Å². The van der Waals surface area contributed by atoms with Crippen LogP contribution in [0.1, 0.15) is 24.8 Å². The summed E-state index contributed by atoms with van der Waals surface area (Å²) >= 11 is 0. The van der Waals surface area contributed by atoms with Gasteiger partial charge in [-0.2, -0.15) is 5.26 Å². The van der Waals surface area contributed by atoms with Gasteiger partial charge >= 0.3 is 0 Å². The quantitative estimate of drug-likeness (QED) is 0.862. The molecule has 2 aliphatic rings. The van der Waals surface area contributed by atoms with E-state index in [0.717, 1.165) is 25.3 Å². The van der Waals surface area contributed by atoms with Gasteiger partial charge in [0, 0.05) is 19.1 Å². The van der Waals surface area contributed by atoms with Crippen molar-refractivity contribution in [1.82, 2.24) is 9.88 Å². The van der Waals surface area contributed by atoms with Crippen molar-refractivity contribution in [1.29, 1.82) is 5.26 Å². The highest BCUT2D eigenvalue weighted by atomic mass is 15.3. The Morgan fingerprint density at radius 3 is 2.84 bits per heavy atom. The van der Waals surface area contributed by atoms with Crippen molar-refractivity contribution in [3.8, 4) is 6.07 Å². The molecule has 2 saturated heterocycles. The zero-order valence-electron chi connectivity index (χ0n) is 11.0. The lowest BCUT2D eigenvalue weighted by atomic mass is 10.2. The maximum atomic E-state index is 9.20. The molecule has 1 aromatic heterocycles. The molecule has 1 aromatic rings. The number of aromatic nitrogens is 1. The number of nitriles is 1. The molecule has 1 unspecified atom stereocenters. The third-order valence-corrected chi connectivity index (χ3v) is 4.13. The van der Waals surface area contributed by atoms with Crippen LogP contribution in [0.15, 0.2) is 12.3 Å². The number of rotatable bonds is 2. The summed E-state index contributed by atoms with van der Waals surface area (Å²) in [6.45, 7) is 4.40. The monoisotopic (exact) mass is 257 g/mol. The molecule has 3 heterocycles. The van der Waals surface area contributed by atoms with E-state index in [0.29, 0.717) is 17.3 Å². The summed E-state index contributed by atoms with van der Waals surface area (Å²) in [5.74, 6) is 0.790. The minimum absolute atomic E-state index is 0.551. The van der Waals surface area contributed by atoms with Crippen LogP contribution in [0.5, 0.6) is 0 Å². The first kappa shape index (κ1) is 12.2. The van der Waals surface area contributed by atoms with E-state index in [4.69, 9.17) is 5.73 Å². The molecule has 2 N–H and O–H groups in total. The molecule has 5 nitrogen and oxygen atoms in total. The van der Waals surface area contributed by atoms with E-state index >= 15 is 0 Å². The summed E-state index contributed by atoms with van der Waals surface area (Å²) in [7, 11) is 0. The Balaban J connectivity index is 1.75. The van der Waals surface area contributed by atoms with Gasteiger partial charge in [0.05, 0.1) is 17.4 Å². The summed E-state index contributed by atoms with van der Waals surface area (Å²) in [4.78, 5) is 9.15. The lowest BCUT2D eigenvalue weighted by Crippen LogP contribution is -2.35. The van der Waals surface area contributed by atoms with Gasteiger partial charge in [0.15, 0.2) is 0 Å². The van der Waals surface area contributed by atoms with Crippen molar-refractivity contribution in [2.75, 3.05) is 36.8 Å². The highest BCUT2D eigenvalue weighted by molar-refractivity contribution is 5.59. The van der Waals surface area contributed by atoms with Crippen LogP contribution in [0.4, 0.5) is 11.5 Å². The number of hydrogen-bond acceptors (Lipinski definition) is 5. The minimum atomic E-state index is 0.551. The zero-order valence-corrected chi connectivity index (χ0v) is 11.0. The number of anilines is 2. The van der Waals surface area contributed by atoms with E-state index in [-0.39, 0.29) is 0 Å². The smallest absolute Gasteiger partial charge is 0.146 e. The van der Waals surface area contributed by atoms with Gasteiger partial charge in [0.2, 0.25) is 0 Å². The van der Waals surface area contributed by atoms with E-state index in [1.807, 2.05) is 0 Å². The maximum Gasteiger partial charge on any atom is 0.146 e. The second-order valence-corrected chi connectivity index (χ2v) is 5.38. The summed E-state index contributed by atoms with van der Waals surface area (Å²) in [6.07, 6.45) is 5.44. The number of likely N-dealkylation sites (tertiary alicyclic amines) is 1. The van der Waals surface area contributed by atoms with Crippen LogP contribution >= 0.6 is 0 Å². The summed E-state index contributed by atoms with van der Waals surface area (Å²) < 4.78 is 0. The van der Waals surface area contributed by atoms with E-state index in [9.17, 15) is 5.26 Å². The third kappa shape index (κ3) is 2.36. The molecule has 0 amide bonds. The first-order chi connectivity index (χ1) is 9.28. The van der Waals surface area contributed by atoms with Crippen LogP contribution < -0.4 is 10.6 Å². The minimum Gasteiger partial charge on any atom is -0.397 e. The Morgan fingerprint density at radius 2 is 2.11 bits per heavy atom. The average molecular weight is 257 g/mol. The molecular weight excluding hydrogens is 238 g/mol. The van der Waals surface area contributed by atoms with Crippen molar-refractivity contribution in [2.24, 2.45) is 0 Å². The van der Waals surface area contributed by atoms with Crippen molar-refractivity contribution in [3.05, 3.63) is 17.8 Å². The van der Waals surface area contributed by atoms with Gasteiger partial charge < -0.3 is 10.6 Å². The maximum absolute atomic E-state index is 9.20. The topological polar surface area (TPSA) is 69.2 Å². The molecule has 0 aromatic carbocycles. The summed E-state index contributed by atoms with van der Waals surface area (Å²) in [5, 5.41) is 9.20. The zero-order chi connectivity index (χ0) is 13.2. The Labute approximate surface area is 113 Å². The molecule has 0 spiro atoms. The summed E-state index contributed by atoms with van der Waals surface area (Å²) in [6, 6.07) is 4.53. The fraction of sp³-hybridized carbons (Fsp3) is 0.571. The predicted octanol–water partition coefficient (Wildman–Crippen LogP) is 1.21. The van der Waals surface area contributed by atoms with Gasteiger partial charge in [-0.3, -0.25) is 4.90 Å². The Morgan fingerprint density at radius 1 is 1.32 bits per heavy atom. The molecule has 2 fully saturated rings. The number of nitrogens with two attached hydrogens (primary N) is 1. The van der Waals surface area contributed by atoms with Gasteiger partial charge in [0.25, 0.3) is 0 Å². The van der Waals surface area contributed by atoms with Crippen molar-refractivity contribution in [2.45, 2.75) is 25.3 Å². The van der Waals surface area contributed by atoms with Gasteiger partial charge in [-0.25, -0.2) is 4.98 Å². The standard InChI is InChI=1S/C14H19N5/c15-8-11-7-12(16)9-17-14(11)19-6-3-13(10-19)18-4-1-2-5-18/h7,9,13H,1-6,10,16H2. The molecule has 0 radical (unpaired) electrons. The largest absolute Gasteiger partial charge is 0.397 e. The molecule has 0 aliphatic carbocycles. The van der Waals surface area contributed by atoms with E-state index in [1.54, 1.807) is 12.3 Å². The summed E-state index contributed by atoms with van der Waals surface area (Å²) in [5.41, 5.74) is 6.82. The van der Waals surface area contributed by atoms with Crippen LogP contribution in [-0.2, 0) is 0 Å². The highest BCUT2D eigenvalue weighted by Gasteiger charge is 2.30.